The highest BCUT2D eigenvalue weighted by atomic mass is 16.6. The van der Waals surface area contributed by atoms with Gasteiger partial charge >= 0.3 is 6.09 Å². The van der Waals surface area contributed by atoms with Gasteiger partial charge in [-0.15, -0.1) is 0 Å². The minimum absolute atomic E-state index is 0.171. The quantitative estimate of drug-likeness (QED) is 0.117. The molecular weight excluding hydrogens is 833 g/mol. The number of aryl methyl sites for hydroxylation is 1. The molecule has 17 heteroatoms. The van der Waals surface area contributed by atoms with Crippen molar-refractivity contribution in [3.05, 3.63) is 75.9 Å². The number of carbonyl (C=O) groups is 1. The smallest absolute Gasteiger partial charge is 0.413 e. The number of nitrogens with zero attached hydrogens (tertiary/aromatic N) is 5. The first-order valence-corrected chi connectivity index (χ1v) is 22.8. The van der Waals surface area contributed by atoms with Crippen molar-refractivity contribution in [3.8, 4) is 0 Å². The predicted octanol–water partition coefficient (Wildman–Crippen LogP) is 5.50. The monoisotopic (exact) mass is 913 g/mol. The third-order valence-electron chi connectivity index (χ3n) is 10.8. The Morgan fingerprint density at radius 2 is 1.22 bits per heavy atom. The molecule has 5 N–H and O–H groups in total. The highest BCUT2D eigenvalue weighted by Gasteiger charge is 2.25. The van der Waals surface area contributed by atoms with E-state index in [4.69, 9.17) is 43.9 Å². The molecule has 3 aliphatic heterocycles. The van der Waals surface area contributed by atoms with E-state index in [0.29, 0.717) is 35.8 Å². The molecule has 3 aliphatic rings. The summed E-state index contributed by atoms with van der Waals surface area (Å²) in [6, 6.07) is 11.9. The predicted molar refractivity (Wildman–Crippen MR) is 254 cm³/mol. The summed E-state index contributed by atoms with van der Waals surface area (Å²) in [6.45, 7) is 18.7. The van der Waals surface area contributed by atoms with Gasteiger partial charge in [-0.1, -0.05) is 18.2 Å². The number of nitrogens with one attached hydrogen (secondary N) is 2. The number of aliphatic hydroxyl groups is 1. The first-order chi connectivity index (χ1) is 31.2. The van der Waals surface area contributed by atoms with Crippen LogP contribution in [0.1, 0.15) is 97.3 Å². The Kier molecular flexibility index (Phi) is 25.9. The number of nitrogens with two attached hydrogens (primary N) is 1. The highest BCUT2D eigenvalue weighted by Crippen LogP contribution is 2.30. The first kappa shape index (κ1) is 55.4. The van der Waals surface area contributed by atoms with Crippen LogP contribution < -0.4 is 16.4 Å². The van der Waals surface area contributed by atoms with Gasteiger partial charge in [0.2, 0.25) is 0 Å². The van der Waals surface area contributed by atoms with E-state index >= 15 is 0 Å². The van der Waals surface area contributed by atoms with Gasteiger partial charge in [0.15, 0.2) is 0 Å². The molecule has 3 aromatic heterocycles. The number of pyridine rings is 3. The Hall–Kier alpha value is -3.88. The van der Waals surface area contributed by atoms with E-state index in [2.05, 4.69) is 62.7 Å². The standard InChI is InChI=1S/C15H22N2O4.C15H24N2O2.C14H23N3O2.C4H11NO/c1-15(2,3)21-14(19)17-13-5-4-11(12(8-18)16-13)10-6-7-20-9-10;1-12-4-5-14(13-6-8-19-11-13)15(16-12)10-17(2)7-9-18-3;1-17(6-8-18-2)9-13-12(3-4-14(15)16-13)11-5-7-19-10-11;1-5-3-4-6-2/h4-5,10,18H,6-9H2,1-3H3,(H,16,17,19);4-5,13H,6-11H2,1-3H3;3-4,11H,5-10H2,1-2H3,(H2,15,16);5H,3-4H2,1-2H3. The molecule has 1 amide bonds. The molecule has 366 valence electrons. The van der Waals surface area contributed by atoms with E-state index in [0.717, 1.165) is 122 Å². The molecule has 0 aromatic carbocycles. The van der Waals surface area contributed by atoms with Crippen LogP contribution in [0.4, 0.5) is 16.4 Å². The molecule has 3 unspecified atom stereocenters. The van der Waals surface area contributed by atoms with E-state index in [-0.39, 0.29) is 12.5 Å². The first-order valence-electron chi connectivity index (χ1n) is 22.8. The molecule has 3 saturated heterocycles. The van der Waals surface area contributed by atoms with Crippen LogP contribution in [0.25, 0.3) is 0 Å². The molecule has 17 nitrogen and oxygen atoms in total. The number of hydrogen-bond acceptors (Lipinski definition) is 16. The van der Waals surface area contributed by atoms with E-state index < -0.39 is 11.7 Å². The van der Waals surface area contributed by atoms with E-state index in [1.165, 1.54) is 16.8 Å². The molecule has 65 heavy (non-hydrogen) atoms. The second kappa shape index (κ2) is 30.4. The average molecular weight is 913 g/mol. The number of rotatable bonds is 18. The van der Waals surface area contributed by atoms with Gasteiger partial charge in [0.1, 0.15) is 17.2 Å². The fourth-order valence-corrected chi connectivity index (χ4v) is 7.34. The van der Waals surface area contributed by atoms with Crippen molar-refractivity contribution >= 4 is 17.7 Å². The fourth-order valence-electron chi connectivity index (χ4n) is 7.34. The molecule has 3 fully saturated rings. The highest BCUT2D eigenvalue weighted by molar-refractivity contribution is 5.83. The number of methoxy groups -OCH3 is 3. The van der Waals surface area contributed by atoms with Crippen LogP contribution in [-0.2, 0) is 52.9 Å². The molecular formula is C48H80N8O9. The summed E-state index contributed by atoms with van der Waals surface area (Å²) in [5.41, 5.74) is 12.8. The lowest BCUT2D eigenvalue weighted by Crippen LogP contribution is -2.27. The largest absolute Gasteiger partial charge is 0.444 e. The maximum atomic E-state index is 11.7. The van der Waals surface area contributed by atoms with Crippen LogP contribution in [0.2, 0.25) is 0 Å². The molecule has 0 bridgehead atoms. The maximum absolute atomic E-state index is 11.7. The zero-order chi connectivity index (χ0) is 47.6. The fraction of sp³-hybridized carbons (Fsp3) is 0.667. The van der Waals surface area contributed by atoms with Crippen molar-refractivity contribution in [1.29, 1.82) is 0 Å². The summed E-state index contributed by atoms with van der Waals surface area (Å²) in [6.07, 6.45) is 2.55. The number of anilines is 2. The Labute approximate surface area is 388 Å². The van der Waals surface area contributed by atoms with Crippen molar-refractivity contribution in [2.75, 3.05) is 133 Å². The average Bonchev–Trinajstić information content (AvgIpc) is 4.10. The lowest BCUT2D eigenvalue weighted by Gasteiger charge is -2.20. The van der Waals surface area contributed by atoms with Crippen LogP contribution in [0.15, 0.2) is 36.4 Å². The summed E-state index contributed by atoms with van der Waals surface area (Å²) in [7, 11) is 11.2. The Morgan fingerprint density at radius 1 is 0.738 bits per heavy atom. The van der Waals surface area contributed by atoms with E-state index in [9.17, 15) is 9.90 Å². The van der Waals surface area contributed by atoms with Crippen LogP contribution in [0.3, 0.4) is 0 Å². The van der Waals surface area contributed by atoms with Gasteiger partial charge in [-0.3, -0.25) is 20.1 Å². The molecule has 0 spiro atoms. The molecule has 6 rings (SSSR count). The summed E-state index contributed by atoms with van der Waals surface area (Å²) >= 11 is 0. The number of aliphatic hydroxyl groups excluding tert-OH is 1. The summed E-state index contributed by atoms with van der Waals surface area (Å²) < 4.78 is 36.5. The van der Waals surface area contributed by atoms with Crippen LogP contribution in [0.5, 0.6) is 0 Å². The Morgan fingerprint density at radius 3 is 1.65 bits per heavy atom. The number of hydrogen-bond donors (Lipinski definition) is 4. The topological polar surface area (TPSA) is 197 Å². The normalized spacial score (nSPS) is 18.1. The zero-order valence-corrected chi connectivity index (χ0v) is 41.0. The lowest BCUT2D eigenvalue weighted by atomic mass is 9.96. The van der Waals surface area contributed by atoms with Gasteiger partial charge in [0.05, 0.1) is 63.3 Å². The Bertz CT molecular complexity index is 1700. The van der Waals surface area contributed by atoms with Gasteiger partial charge in [-0.2, -0.15) is 0 Å². The minimum atomic E-state index is -0.564. The third-order valence-corrected chi connectivity index (χ3v) is 10.8. The maximum Gasteiger partial charge on any atom is 0.413 e. The molecule has 3 aromatic rings. The molecule has 0 aliphatic carbocycles. The van der Waals surface area contributed by atoms with Crippen molar-refractivity contribution in [2.24, 2.45) is 0 Å². The van der Waals surface area contributed by atoms with Crippen molar-refractivity contribution in [1.82, 2.24) is 30.1 Å². The summed E-state index contributed by atoms with van der Waals surface area (Å²) in [5, 5.41) is 15.0. The molecule has 3 atom stereocenters. The molecule has 0 saturated carbocycles. The van der Waals surface area contributed by atoms with Crippen LogP contribution in [0, 0.1) is 6.92 Å². The molecule has 6 heterocycles. The van der Waals surface area contributed by atoms with E-state index in [1.807, 2.05) is 26.1 Å². The number of aromatic nitrogens is 3. The zero-order valence-electron chi connectivity index (χ0n) is 41.0. The number of ether oxygens (including phenoxy) is 7. The minimum Gasteiger partial charge on any atom is -0.444 e. The van der Waals surface area contributed by atoms with Gasteiger partial charge in [0, 0.05) is 97.3 Å². The van der Waals surface area contributed by atoms with Gasteiger partial charge in [-0.25, -0.2) is 14.8 Å². The summed E-state index contributed by atoms with van der Waals surface area (Å²) in [4.78, 5) is 29.7. The third kappa shape index (κ3) is 21.1. The van der Waals surface area contributed by atoms with Gasteiger partial charge in [0.25, 0.3) is 0 Å². The van der Waals surface area contributed by atoms with Crippen molar-refractivity contribution < 1.29 is 43.1 Å². The summed E-state index contributed by atoms with van der Waals surface area (Å²) in [5.74, 6) is 2.18. The number of carbonyl (C=O) groups excluding carboxylic acids is 1. The van der Waals surface area contributed by atoms with E-state index in [1.54, 1.807) is 48.2 Å². The second-order valence-corrected chi connectivity index (χ2v) is 17.5. The van der Waals surface area contributed by atoms with Gasteiger partial charge < -0.3 is 49.3 Å². The molecule has 0 radical (unpaired) electrons. The van der Waals surface area contributed by atoms with Crippen molar-refractivity contribution in [3.63, 3.8) is 0 Å². The van der Waals surface area contributed by atoms with Crippen molar-refractivity contribution in [2.45, 2.75) is 90.0 Å². The SMILES string of the molecule is CC(C)(C)OC(=O)Nc1ccc(C2CCOC2)c(CO)n1.CNCCOC.COCCN(C)Cc1nc(C)ccc1C1CCOC1.COCCN(C)Cc1nc(N)ccc1C1CCOC1. The lowest BCUT2D eigenvalue weighted by molar-refractivity contribution is 0.0635. The second-order valence-electron chi connectivity index (χ2n) is 17.5. The number of likely N-dealkylation sites (N-methyl/N-ethyl adjacent to an activating group) is 3. The van der Waals surface area contributed by atoms with Gasteiger partial charge in [-0.05, 0) is 103 Å². The van der Waals surface area contributed by atoms with Crippen LogP contribution >= 0.6 is 0 Å². The van der Waals surface area contributed by atoms with Crippen LogP contribution in [-0.4, -0.2) is 163 Å². The number of amides is 1. The number of nitrogen functional groups attached to an aromatic ring is 1. The Balaban J connectivity index is 0.000000244.